The molecule has 0 spiro atoms. The van der Waals surface area contributed by atoms with Gasteiger partial charge >= 0.3 is 0 Å². The van der Waals surface area contributed by atoms with Crippen molar-refractivity contribution >= 4 is 69.5 Å². The average molecular weight is 425 g/mol. The number of nitrogens with one attached hydrogen (secondary N) is 1. The van der Waals surface area contributed by atoms with Crippen LogP contribution in [0.25, 0.3) is 0 Å². The summed E-state index contributed by atoms with van der Waals surface area (Å²) in [7, 11) is 0. The molecular formula is C6H3Br4NO. The molecule has 0 fully saturated rings. The van der Waals surface area contributed by atoms with Crippen LogP contribution in [0.5, 0.6) is 0 Å². The first-order valence-electron chi connectivity index (χ1n) is 2.89. The number of hydrogen-bond donors (Lipinski definition) is 1. The van der Waals surface area contributed by atoms with Gasteiger partial charge in [-0.05, 0) is 47.8 Å². The van der Waals surface area contributed by atoms with Gasteiger partial charge in [0.25, 0.3) is 0 Å². The number of halogens is 4. The summed E-state index contributed by atoms with van der Waals surface area (Å²) in [5, 5.41) is 0.311. The highest BCUT2D eigenvalue weighted by atomic mass is 79.9. The Morgan fingerprint density at radius 1 is 1.25 bits per heavy atom. The van der Waals surface area contributed by atoms with Crippen molar-refractivity contribution in [1.29, 1.82) is 0 Å². The number of aromatic nitrogens is 1. The van der Waals surface area contributed by atoms with Gasteiger partial charge in [-0.15, -0.1) is 0 Å². The zero-order valence-electron chi connectivity index (χ0n) is 5.63. The highest BCUT2D eigenvalue weighted by molar-refractivity contribution is 9.14. The molecule has 2 nitrogen and oxygen atoms in total. The molecule has 1 rings (SSSR count). The third-order valence-corrected chi connectivity index (χ3v) is 4.99. The molecule has 0 saturated carbocycles. The second-order valence-electron chi connectivity index (χ2n) is 2.00. The Balaban J connectivity index is 3.17. The van der Waals surface area contributed by atoms with Crippen molar-refractivity contribution in [3.8, 4) is 0 Å². The molecule has 0 aromatic carbocycles. The van der Waals surface area contributed by atoms with Gasteiger partial charge in [-0.2, -0.15) is 0 Å². The van der Waals surface area contributed by atoms with Gasteiger partial charge in [0.1, 0.15) is 0 Å². The lowest BCUT2D eigenvalue weighted by molar-refractivity contribution is 0.101. The second kappa shape index (κ2) is 4.39. The Kier molecular flexibility index (Phi) is 4.01. The fourth-order valence-corrected chi connectivity index (χ4v) is 2.44. The number of ketones is 1. The fourth-order valence-electron chi connectivity index (χ4n) is 0.685. The zero-order valence-corrected chi connectivity index (χ0v) is 12.0. The van der Waals surface area contributed by atoms with Gasteiger partial charge in [0.2, 0.25) is 0 Å². The Morgan fingerprint density at radius 2 is 1.83 bits per heavy atom. The molecule has 1 heterocycles. The molecule has 1 aromatic heterocycles. The Morgan fingerprint density at radius 3 is 2.17 bits per heavy atom. The van der Waals surface area contributed by atoms with Crippen LogP contribution in [0.3, 0.4) is 0 Å². The number of rotatable bonds is 2. The van der Waals surface area contributed by atoms with Gasteiger partial charge in [0.15, 0.2) is 5.78 Å². The summed E-state index contributed by atoms with van der Waals surface area (Å²) in [5.74, 6) is 0.00766. The highest BCUT2D eigenvalue weighted by Crippen LogP contribution is 2.33. The van der Waals surface area contributed by atoms with Crippen molar-refractivity contribution in [2.75, 3.05) is 5.33 Å². The van der Waals surface area contributed by atoms with Crippen LogP contribution in [0.1, 0.15) is 10.5 Å². The minimum Gasteiger partial charge on any atom is -0.345 e. The van der Waals surface area contributed by atoms with E-state index in [1.54, 1.807) is 0 Å². The minimum atomic E-state index is 0.00766. The summed E-state index contributed by atoms with van der Waals surface area (Å²) in [4.78, 5) is 14.2. The molecule has 0 saturated heterocycles. The number of hydrogen-bond acceptors (Lipinski definition) is 1. The van der Waals surface area contributed by atoms with Gasteiger partial charge in [0.05, 0.1) is 24.6 Å². The van der Waals surface area contributed by atoms with E-state index in [9.17, 15) is 4.79 Å². The number of alkyl halides is 1. The first-order chi connectivity index (χ1) is 5.57. The first-order valence-corrected chi connectivity index (χ1v) is 6.39. The highest BCUT2D eigenvalue weighted by Gasteiger charge is 2.16. The minimum absolute atomic E-state index is 0.00766. The van der Waals surface area contributed by atoms with E-state index in [0.29, 0.717) is 11.0 Å². The van der Waals surface area contributed by atoms with E-state index in [2.05, 4.69) is 68.7 Å². The van der Waals surface area contributed by atoms with Gasteiger partial charge in [-0.25, -0.2) is 0 Å². The van der Waals surface area contributed by atoms with Crippen LogP contribution in [-0.2, 0) is 0 Å². The molecule has 66 valence electrons. The molecule has 0 amide bonds. The van der Waals surface area contributed by atoms with Crippen molar-refractivity contribution in [3.63, 3.8) is 0 Å². The van der Waals surface area contributed by atoms with E-state index in [1.807, 2.05) is 0 Å². The molecule has 0 aliphatic heterocycles. The number of carbonyl (C=O) groups excluding carboxylic acids is 1. The molecule has 12 heavy (non-hydrogen) atoms. The largest absolute Gasteiger partial charge is 0.345 e. The average Bonchev–Trinajstić information content (AvgIpc) is 2.32. The maximum absolute atomic E-state index is 11.3. The molecule has 1 N–H and O–H groups in total. The Bertz CT molecular complexity index is 320. The van der Waals surface area contributed by atoms with Crippen molar-refractivity contribution in [2.45, 2.75) is 0 Å². The monoisotopic (exact) mass is 421 g/mol. The lowest BCUT2D eigenvalue weighted by Crippen LogP contribution is -2.00. The van der Waals surface area contributed by atoms with Gasteiger partial charge < -0.3 is 4.98 Å². The van der Waals surface area contributed by atoms with Crippen LogP contribution in [-0.4, -0.2) is 16.1 Å². The number of Topliss-reactive ketones (excluding diaryl/α,β-unsaturated/α-hetero) is 1. The molecule has 0 atom stereocenters. The van der Waals surface area contributed by atoms with E-state index in [4.69, 9.17) is 0 Å². The predicted molar refractivity (Wildman–Crippen MR) is 62.0 cm³/mol. The van der Waals surface area contributed by atoms with E-state index < -0.39 is 0 Å². The summed E-state index contributed by atoms with van der Waals surface area (Å²) < 4.78 is 2.34. The molecule has 0 aliphatic rings. The lowest BCUT2D eigenvalue weighted by atomic mass is 10.3. The third kappa shape index (κ3) is 2.02. The van der Waals surface area contributed by atoms with Gasteiger partial charge in [-0.3, -0.25) is 4.79 Å². The van der Waals surface area contributed by atoms with Gasteiger partial charge in [-0.1, -0.05) is 15.9 Å². The molecule has 0 unspecified atom stereocenters. The number of H-pyrrole nitrogens is 1. The summed E-state index contributed by atoms with van der Waals surface area (Å²) >= 11 is 13.0. The lowest BCUT2D eigenvalue weighted by Gasteiger charge is -1.91. The molecule has 6 heteroatoms. The van der Waals surface area contributed by atoms with Crippen LogP contribution < -0.4 is 0 Å². The van der Waals surface area contributed by atoms with Crippen LogP contribution in [0.2, 0.25) is 0 Å². The maximum atomic E-state index is 11.3. The molecule has 0 aliphatic carbocycles. The smallest absolute Gasteiger partial charge is 0.190 e. The summed E-state index contributed by atoms with van der Waals surface area (Å²) in [6.45, 7) is 0. The maximum Gasteiger partial charge on any atom is 0.190 e. The standard InChI is InChI=1S/C6H3Br4NO/c7-1-2(12)5-3(8)4(9)6(10)11-5/h11H,1H2. The quantitative estimate of drug-likeness (QED) is 0.567. The summed E-state index contributed by atoms with van der Waals surface area (Å²) in [6.07, 6.45) is 0. The Labute approximate surface area is 103 Å². The second-order valence-corrected chi connectivity index (χ2v) is 4.94. The van der Waals surface area contributed by atoms with Crippen LogP contribution in [0.15, 0.2) is 13.5 Å². The first kappa shape index (κ1) is 10.9. The van der Waals surface area contributed by atoms with Crippen LogP contribution in [0.4, 0.5) is 0 Å². The van der Waals surface area contributed by atoms with E-state index in [-0.39, 0.29) is 5.78 Å². The number of carbonyl (C=O) groups is 1. The SMILES string of the molecule is O=C(CBr)c1[nH]c(Br)c(Br)c1Br. The van der Waals surface area contributed by atoms with Crippen molar-refractivity contribution < 1.29 is 4.79 Å². The van der Waals surface area contributed by atoms with E-state index >= 15 is 0 Å². The zero-order chi connectivity index (χ0) is 9.30. The fraction of sp³-hybridized carbons (Fsp3) is 0.167. The molecule has 0 bridgehead atoms. The van der Waals surface area contributed by atoms with Gasteiger partial charge in [0, 0.05) is 0 Å². The molecular weight excluding hydrogens is 422 g/mol. The summed E-state index contributed by atoms with van der Waals surface area (Å²) in [5.41, 5.74) is 0.561. The normalized spacial score (nSPS) is 10.3. The predicted octanol–water partition coefficient (Wildman–Crippen LogP) is 3.88. The van der Waals surface area contributed by atoms with Crippen molar-refractivity contribution in [2.24, 2.45) is 0 Å². The van der Waals surface area contributed by atoms with Crippen molar-refractivity contribution in [3.05, 3.63) is 19.2 Å². The molecule has 0 radical (unpaired) electrons. The number of aromatic amines is 1. The third-order valence-electron chi connectivity index (χ3n) is 1.24. The van der Waals surface area contributed by atoms with Crippen LogP contribution >= 0.6 is 63.7 Å². The van der Waals surface area contributed by atoms with Crippen LogP contribution in [0, 0.1) is 0 Å². The summed E-state index contributed by atoms with van der Waals surface area (Å²) in [6, 6.07) is 0. The van der Waals surface area contributed by atoms with E-state index in [0.717, 1.165) is 13.5 Å². The van der Waals surface area contributed by atoms with E-state index in [1.165, 1.54) is 0 Å². The van der Waals surface area contributed by atoms with Crippen molar-refractivity contribution in [1.82, 2.24) is 4.98 Å². The molecule has 1 aromatic rings. The Hall–Kier alpha value is 0.870. The topological polar surface area (TPSA) is 32.9 Å².